The van der Waals surface area contributed by atoms with Crippen molar-refractivity contribution in [1.29, 1.82) is 0 Å². The molecule has 3 heteroatoms. The van der Waals surface area contributed by atoms with E-state index in [1.165, 1.54) is 113 Å². The second-order valence-corrected chi connectivity index (χ2v) is 12.1. The second kappa shape index (κ2) is 26.4. The molecule has 0 fully saturated rings. The van der Waals surface area contributed by atoms with Gasteiger partial charge in [-0.1, -0.05) is 135 Å². The first-order valence-corrected chi connectivity index (χ1v) is 17.7. The molecule has 43 heavy (non-hydrogen) atoms. The zero-order valence-corrected chi connectivity index (χ0v) is 29.1. The van der Waals surface area contributed by atoms with Gasteiger partial charge in [0, 0.05) is 22.7 Å². The molecule has 0 unspecified atom stereocenters. The first kappa shape index (κ1) is 39.0. The van der Waals surface area contributed by atoms with E-state index < -0.39 is 0 Å². The zero-order chi connectivity index (χ0) is 30.1. The van der Waals surface area contributed by atoms with Gasteiger partial charge in [0.1, 0.15) is 0 Å². The number of aryl methyl sites for hydroxylation is 2. The third kappa shape index (κ3) is 19.1. The minimum Gasteiger partial charge on any atom is -0.255 e. The van der Waals surface area contributed by atoms with Crippen molar-refractivity contribution in [3.8, 4) is 0 Å². The van der Waals surface area contributed by atoms with Crippen LogP contribution in [0.1, 0.15) is 160 Å². The molecule has 2 aromatic carbocycles. The van der Waals surface area contributed by atoms with Crippen LogP contribution >= 0.6 is 0 Å². The number of nitrogens with zero attached hydrogens (tertiary/aromatic N) is 2. The monoisotopic (exact) mass is 628 g/mol. The summed E-state index contributed by atoms with van der Waals surface area (Å²) in [6, 6.07) is 15.7. The Kier molecular flexibility index (Phi) is 24.0. The number of allylic oxidation sites excluding steroid dienone is 1. The summed E-state index contributed by atoms with van der Waals surface area (Å²) in [6.45, 7) is 9.08. The third-order valence-electron chi connectivity index (χ3n) is 8.02. The van der Waals surface area contributed by atoms with Crippen molar-refractivity contribution >= 4 is 29.4 Å². The summed E-state index contributed by atoms with van der Waals surface area (Å²) >= 11 is 0. The molecule has 0 saturated heterocycles. The van der Waals surface area contributed by atoms with Crippen LogP contribution in [-0.2, 0) is 29.3 Å². The van der Waals surface area contributed by atoms with Crippen LogP contribution in [0, 0.1) is 0 Å². The van der Waals surface area contributed by atoms with Gasteiger partial charge in [0.05, 0.1) is 17.1 Å². The first-order valence-electron chi connectivity index (χ1n) is 17.7. The molecule has 0 aliphatic heterocycles. The molecule has 0 aliphatic rings. The number of rotatable bonds is 24. The summed E-state index contributed by atoms with van der Waals surface area (Å²) in [7, 11) is 0. The van der Waals surface area contributed by atoms with Crippen molar-refractivity contribution < 1.29 is 16.5 Å². The summed E-state index contributed by atoms with van der Waals surface area (Å²) in [5.41, 5.74) is 7.29. The topological polar surface area (TPSA) is 24.7 Å². The third-order valence-corrected chi connectivity index (χ3v) is 8.02. The van der Waals surface area contributed by atoms with Gasteiger partial charge in [0.25, 0.3) is 0 Å². The van der Waals surface area contributed by atoms with Crippen molar-refractivity contribution in [2.75, 3.05) is 0 Å². The van der Waals surface area contributed by atoms with Crippen molar-refractivity contribution in [3.05, 3.63) is 65.2 Å². The summed E-state index contributed by atoms with van der Waals surface area (Å²) < 4.78 is 0. The molecule has 0 bridgehead atoms. The quantitative estimate of drug-likeness (QED) is 0.0627. The average Bonchev–Trinajstić information content (AvgIpc) is 3.00. The molecule has 0 N–H and O–H groups in total. The smallest absolute Gasteiger partial charge is 0.0635 e. The Hall–Kier alpha value is -1.99. The van der Waals surface area contributed by atoms with Gasteiger partial charge in [-0.05, 0) is 92.3 Å². The Balaban J connectivity index is 0.00000924. The number of unbranched alkanes of at least 4 members (excludes halogenated alkanes) is 13. The van der Waals surface area contributed by atoms with Crippen molar-refractivity contribution in [2.24, 2.45) is 9.98 Å². The van der Waals surface area contributed by atoms with Gasteiger partial charge in [-0.15, -0.1) is 0 Å². The Morgan fingerprint density at radius 3 is 1.70 bits per heavy atom. The fourth-order valence-electron chi connectivity index (χ4n) is 5.36. The molecule has 242 valence electrons. The van der Waals surface area contributed by atoms with Crippen LogP contribution in [0.15, 0.2) is 58.5 Å². The van der Waals surface area contributed by atoms with Crippen LogP contribution in [0.4, 0.5) is 11.4 Å². The molecule has 0 aliphatic carbocycles. The predicted molar refractivity (Wildman–Crippen MR) is 190 cm³/mol. The molecule has 2 nitrogen and oxygen atoms in total. The summed E-state index contributed by atoms with van der Waals surface area (Å²) in [5.74, 6) is 0. The van der Waals surface area contributed by atoms with E-state index in [4.69, 9.17) is 9.98 Å². The first-order chi connectivity index (χ1) is 20.7. The molecule has 0 radical (unpaired) electrons. The van der Waals surface area contributed by atoms with Crippen LogP contribution < -0.4 is 0 Å². The number of aliphatic imine (C=N–C) groups is 2. The SMILES string of the molecule is CCCCCCCCCC/C=C/c1ccc(/N=C(/C=N/c2cc(CCCCC)cc(CCCCC)c2)CCCC)cc1.[Ni]. The zero-order valence-electron chi connectivity index (χ0n) is 28.1. The summed E-state index contributed by atoms with van der Waals surface area (Å²) in [5, 5.41) is 0. The van der Waals surface area contributed by atoms with Crippen molar-refractivity contribution in [1.82, 2.24) is 0 Å². The molecular formula is C40H62N2Ni. The molecule has 2 rings (SSSR count). The fourth-order valence-corrected chi connectivity index (χ4v) is 5.36. The molecule has 0 aromatic heterocycles. The predicted octanol–water partition coefficient (Wildman–Crippen LogP) is 13.4. The van der Waals surface area contributed by atoms with Crippen LogP contribution in [-0.4, -0.2) is 11.9 Å². The van der Waals surface area contributed by atoms with Crippen molar-refractivity contribution in [2.45, 2.75) is 156 Å². The Morgan fingerprint density at radius 2 is 1.12 bits per heavy atom. The van der Waals surface area contributed by atoms with E-state index in [0.717, 1.165) is 49.2 Å². The maximum absolute atomic E-state index is 5.02. The van der Waals surface area contributed by atoms with Crippen LogP contribution in [0.5, 0.6) is 0 Å². The molecule has 0 saturated carbocycles. The average molecular weight is 630 g/mol. The van der Waals surface area contributed by atoms with Crippen LogP contribution in [0.25, 0.3) is 6.08 Å². The molecular weight excluding hydrogens is 567 g/mol. The van der Waals surface area contributed by atoms with Crippen LogP contribution in [0.3, 0.4) is 0 Å². The van der Waals surface area contributed by atoms with Gasteiger partial charge in [-0.2, -0.15) is 0 Å². The van der Waals surface area contributed by atoms with Gasteiger partial charge in [0.2, 0.25) is 0 Å². The van der Waals surface area contributed by atoms with Gasteiger partial charge < -0.3 is 0 Å². The van der Waals surface area contributed by atoms with E-state index >= 15 is 0 Å². The number of hydrogen-bond acceptors (Lipinski definition) is 2. The number of benzene rings is 2. The maximum atomic E-state index is 5.02. The number of hydrogen-bond donors (Lipinski definition) is 0. The van der Waals surface area contributed by atoms with E-state index in [-0.39, 0.29) is 16.5 Å². The standard InChI is InChI=1S/C40H62N2.Ni/c1-5-9-13-14-15-16-17-18-19-22-23-35-27-29-38(30-28-35)42-39(26-12-8-4)34-41-40-32-36(24-20-10-6-2)31-37(33-40)25-21-11-7-3;/h22-23,27-34H,5-21,24-26H2,1-4H3;/b23-22+,41-34+,42-39+;. The summed E-state index contributed by atoms with van der Waals surface area (Å²) in [4.78, 5) is 9.99. The van der Waals surface area contributed by atoms with Gasteiger partial charge >= 0.3 is 0 Å². The van der Waals surface area contributed by atoms with Crippen LogP contribution in [0.2, 0.25) is 0 Å². The largest absolute Gasteiger partial charge is 0.255 e. The molecule has 0 heterocycles. The van der Waals surface area contributed by atoms with Gasteiger partial charge in [-0.25, -0.2) is 0 Å². The molecule has 0 atom stereocenters. The van der Waals surface area contributed by atoms with Gasteiger partial charge in [0.15, 0.2) is 0 Å². The van der Waals surface area contributed by atoms with Gasteiger partial charge in [-0.3, -0.25) is 9.98 Å². The Morgan fingerprint density at radius 1 is 0.581 bits per heavy atom. The van der Waals surface area contributed by atoms with E-state index in [1.807, 2.05) is 6.21 Å². The Labute approximate surface area is 276 Å². The molecule has 2 aromatic rings. The van der Waals surface area contributed by atoms with E-state index in [9.17, 15) is 0 Å². The minimum atomic E-state index is 0. The van der Waals surface area contributed by atoms with Crippen molar-refractivity contribution in [3.63, 3.8) is 0 Å². The maximum Gasteiger partial charge on any atom is 0.0635 e. The molecule has 0 amide bonds. The summed E-state index contributed by atoms with van der Waals surface area (Å²) in [6.07, 6.45) is 32.0. The van der Waals surface area contributed by atoms with E-state index in [2.05, 4.69) is 82.3 Å². The Bertz CT molecular complexity index is 1010. The minimum absolute atomic E-state index is 0. The van der Waals surface area contributed by atoms with E-state index in [0.29, 0.717) is 0 Å². The van der Waals surface area contributed by atoms with E-state index in [1.54, 1.807) is 0 Å². The molecule has 0 spiro atoms. The normalized spacial score (nSPS) is 12.0. The fraction of sp³-hybridized carbons (Fsp3) is 0.600. The second-order valence-electron chi connectivity index (χ2n) is 12.1.